The summed E-state index contributed by atoms with van der Waals surface area (Å²) in [6.45, 7) is 5.98. The van der Waals surface area contributed by atoms with E-state index in [1.807, 2.05) is 43.3 Å². The van der Waals surface area contributed by atoms with Crippen molar-refractivity contribution in [3.8, 4) is 0 Å². The topological polar surface area (TPSA) is 49.4 Å². The molecule has 7 rings (SSSR count). The molecule has 1 N–H and O–H groups in total. The Morgan fingerprint density at radius 2 is 1.48 bits per heavy atom. The zero-order chi connectivity index (χ0) is 19.0. The molecule has 0 spiro atoms. The molecular formula is C23H18N2O2. The fourth-order valence-corrected chi connectivity index (χ4v) is 3.19. The number of hydrogen-bond donors (Lipinski definition) is 1. The second-order valence-corrected chi connectivity index (χ2v) is 6.52. The summed E-state index contributed by atoms with van der Waals surface area (Å²) in [5.41, 5.74) is 4.96. The first-order valence-electron chi connectivity index (χ1n) is 8.65. The van der Waals surface area contributed by atoms with Crippen LogP contribution in [0.1, 0.15) is 33.2 Å². The summed E-state index contributed by atoms with van der Waals surface area (Å²) < 4.78 is 0. The zero-order valence-corrected chi connectivity index (χ0v) is 14.9. The van der Waals surface area contributed by atoms with Gasteiger partial charge in [-0.2, -0.15) is 0 Å². The predicted octanol–water partition coefficient (Wildman–Crippen LogP) is 5.26. The minimum Gasteiger partial charge on any atom is -0.322 e. The molecule has 0 aliphatic carbocycles. The highest BCUT2D eigenvalue weighted by Gasteiger charge is 2.23. The Morgan fingerprint density at radius 3 is 2.15 bits per heavy atom. The minimum atomic E-state index is -0.202. The van der Waals surface area contributed by atoms with Gasteiger partial charge in [0.2, 0.25) is 0 Å². The van der Waals surface area contributed by atoms with Crippen LogP contribution in [0.5, 0.6) is 0 Å². The Labute approximate surface area is 157 Å². The van der Waals surface area contributed by atoms with Gasteiger partial charge < -0.3 is 5.32 Å². The molecular weight excluding hydrogens is 336 g/mol. The lowest BCUT2D eigenvalue weighted by molar-refractivity contribution is 0.0994. The van der Waals surface area contributed by atoms with Crippen molar-refractivity contribution in [2.75, 3.05) is 10.2 Å². The number of nitrogens with zero attached hydrogens (tertiary/aromatic N) is 1. The van der Waals surface area contributed by atoms with Crippen molar-refractivity contribution in [1.82, 2.24) is 0 Å². The third kappa shape index (κ3) is 3.02. The molecule has 4 heterocycles. The maximum Gasteiger partial charge on any atom is 0.262 e. The van der Waals surface area contributed by atoms with E-state index in [9.17, 15) is 9.59 Å². The molecule has 4 heteroatoms. The SMILES string of the molecule is C=C(C)c1ccccc1N1C(=O)c2ccc(cc2)C(=O)Nc2ccc1cc2. The fourth-order valence-electron chi connectivity index (χ4n) is 3.19. The molecule has 0 radical (unpaired) electrons. The van der Waals surface area contributed by atoms with E-state index >= 15 is 0 Å². The summed E-state index contributed by atoms with van der Waals surface area (Å²) >= 11 is 0. The lowest BCUT2D eigenvalue weighted by Gasteiger charge is -2.26. The van der Waals surface area contributed by atoms with E-state index in [1.54, 1.807) is 41.3 Å². The monoisotopic (exact) mass is 354 g/mol. The van der Waals surface area contributed by atoms with Gasteiger partial charge in [-0.3, -0.25) is 14.5 Å². The van der Waals surface area contributed by atoms with Crippen LogP contribution in [-0.2, 0) is 0 Å². The summed E-state index contributed by atoms with van der Waals surface area (Å²) in [7, 11) is 0. The number of carbonyl (C=O) groups excluding carboxylic acids is 2. The van der Waals surface area contributed by atoms with E-state index in [-0.39, 0.29) is 11.8 Å². The number of carbonyl (C=O) groups is 2. The second kappa shape index (κ2) is 6.57. The van der Waals surface area contributed by atoms with Crippen molar-refractivity contribution in [2.24, 2.45) is 0 Å². The third-order valence-electron chi connectivity index (χ3n) is 4.59. The van der Waals surface area contributed by atoms with Crippen LogP contribution >= 0.6 is 0 Å². The van der Waals surface area contributed by atoms with E-state index in [0.29, 0.717) is 16.8 Å². The van der Waals surface area contributed by atoms with E-state index < -0.39 is 0 Å². The van der Waals surface area contributed by atoms with Gasteiger partial charge in [-0.1, -0.05) is 24.8 Å². The van der Waals surface area contributed by atoms with E-state index in [0.717, 1.165) is 22.5 Å². The molecule has 4 aliphatic rings. The number of nitrogens with one attached hydrogen (secondary N) is 1. The molecule has 132 valence electrons. The van der Waals surface area contributed by atoms with Crippen molar-refractivity contribution < 1.29 is 9.59 Å². The molecule has 4 bridgehead atoms. The van der Waals surface area contributed by atoms with Crippen LogP contribution < -0.4 is 10.2 Å². The molecule has 0 saturated heterocycles. The molecule has 0 aromatic heterocycles. The van der Waals surface area contributed by atoms with Crippen LogP contribution in [-0.4, -0.2) is 11.8 Å². The van der Waals surface area contributed by atoms with Gasteiger partial charge in [0.15, 0.2) is 0 Å². The molecule has 3 aromatic carbocycles. The lowest BCUT2D eigenvalue weighted by atomic mass is 10.0. The van der Waals surface area contributed by atoms with Crippen molar-refractivity contribution >= 4 is 34.4 Å². The van der Waals surface area contributed by atoms with Gasteiger partial charge in [-0.05, 0) is 67.1 Å². The summed E-state index contributed by atoms with van der Waals surface area (Å²) in [4.78, 5) is 27.4. The van der Waals surface area contributed by atoms with Gasteiger partial charge in [0.05, 0.1) is 5.69 Å². The lowest BCUT2D eigenvalue weighted by Crippen LogP contribution is -2.27. The number of anilines is 3. The van der Waals surface area contributed by atoms with Gasteiger partial charge in [-0.25, -0.2) is 0 Å². The molecule has 0 unspecified atom stereocenters. The molecule has 4 aliphatic heterocycles. The van der Waals surface area contributed by atoms with Gasteiger partial charge in [0.25, 0.3) is 11.8 Å². The first-order valence-corrected chi connectivity index (χ1v) is 8.65. The molecule has 0 atom stereocenters. The number of hydrogen-bond acceptors (Lipinski definition) is 2. The van der Waals surface area contributed by atoms with Crippen molar-refractivity contribution in [3.63, 3.8) is 0 Å². The number of benzene rings is 3. The molecule has 0 saturated carbocycles. The minimum absolute atomic E-state index is 0.163. The van der Waals surface area contributed by atoms with Crippen molar-refractivity contribution in [2.45, 2.75) is 6.92 Å². The number of allylic oxidation sites excluding steroid dienone is 1. The van der Waals surface area contributed by atoms with Crippen molar-refractivity contribution in [3.05, 3.63) is 96.1 Å². The van der Waals surface area contributed by atoms with Crippen LogP contribution in [0.2, 0.25) is 0 Å². The fraction of sp³-hybridized carbons (Fsp3) is 0.0435. The smallest absolute Gasteiger partial charge is 0.262 e. The van der Waals surface area contributed by atoms with Crippen LogP contribution in [0.25, 0.3) is 5.57 Å². The highest BCUT2D eigenvalue weighted by atomic mass is 16.2. The van der Waals surface area contributed by atoms with Crippen LogP contribution in [0, 0.1) is 0 Å². The van der Waals surface area contributed by atoms with Gasteiger partial charge in [-0.15, -0.1) is 0 Å². The Kier molecular flexibility index (Phi) is 4.09. The highest BCUT2D eigenvalue weighted by Crippen LogP contribution is 2.34. The van der Waals surface area contributed by atoms with E-state index in [4.69, 9.17) is 0 Å². The Bertz CT molecular complexity index is 1050. The Morgan fingerprint density at radius 1 is 0.852 bits per heavy atom. The summed E-state index contributed by atoms with van der Waals surface area (Å²) in [5.74, 6) is -0.365. The van der Waals surface area contributed by atoms with Crippen LogP contribution in [0.15, 0.2) is 79.4 Å². The summed E-state index contributed by atoms with van der Waals surface area (Å²) in [5, 5.41) is 2.87. The molecule has 4 nitrogen and oxygen atoms in total. The molecule has 3 aromatic rings. The van der Waals surface area contributed by atoms with E-state index in [2.05, 4.69) is 11.9 Å². The van der Waals surface area contributed by atoms with Gasteiger partial charge >= 0.3 is 0 Å². The van der Waals surface area contributed by atoms with Gasteiger partial charge in [0, 0.05) is 28.1 Å². The van der Waals surface area contributed by atoms with Crippen LogP contribution in [0.3, 0.4) is 0 Å². The number of amides is 2. The second-order valence-electron chi connectivity index (χ2n) is 6.52. The summed E-state index contributed by atoms with van der Waals surface area (Å²) in [6, 6.07) is 21.7. The largest absolute Gasteiger partial charge is 0.322 e. The van der Waals surface area contributed by atoms with Crippen molar-refractivity contribution in [1.29, 1.82) is 0 Å². The number of rotatable bonds is 2. The van der Waals surface area contributed by atoms with E-state index in [1.165, 1.54) is 0 Å². The average Bonchev–Trinajstić information content (AvgIpc) is 2.69. The first-order chi connectivity index (χ1) is 13.0. The molecule has 2 amide bonds. The predicted molar refractivity (Wildman–Crippen MR) is 108 cm³/mol. The highest BCUT2D eigenvalue weighted by molar-refractivity contribution is 6.13. The quantitative estimate of drug-likeness (QED) is 0.682. The Balaban J connectivity index is 1.95. The number of para-hydroxylation sites is 1. The molecule has 27 heavy (non-hydrogen) atoms. The zero-order valence-electron chi connectivity index (χ0n) is 14.9. The average molecular weight is 354 g/mol. The van der Waals surface area contributed by atoms with Crippen LogP contribution in [0.4, 0.5) is 17.1 Å². The maximum atomic E-state index is 13.4. The molecule has 0 fully saturated rings. The summed E-state index contributed by atoms with van der Waals surface area (Å²) in [6.07, 6.45) is 0. The standard InChI is InChI=1S/C23H18N2O2/c1-15(2)20-5-3-4-6-21(20)25-19-13-11-18(12-14-19)24-22(26)16-7-9-17(10-8-16)23(25)27/h3-14H,1H2,2H3,(H,24,26). The maximum absolute atomic E-state index is 13.4. The first kappa shape index (κ1) is 16.8. The normalized spacial score (nSPS) is 13.1. The van der Waals surface area contributed by atoms with Gasteiger partial charge in [0.1, 0.15) is 0 Å². The Hall–Kier alpha value is -3.66. The third-order valence-corrected chi connectivity index (χ3v) is 4.59.